The molecule has 0 spiro atoms. The van der Waals surface area contributed by atoms with Crippen LogP contribution in [0.4, 0.5) is 0 Å². The van der Waals surface area contributed by atoms with Crippen LogP contribution in [-0.2, 0) is 14.3 Å². The first-order valence-electron chi connectivity index (χ1n) is 10.1. The number of hydrogen-bond acceptors (Lipinski definition) is 3. The molecule has 4 aliphatic carbocycles. The SMILES string of the molecule is CC(=O)O[C@H]1CCC2[C@@H]3CC[C@]4(C)CC(=O)C=C[C@]4(C)C3CC[C@@]21C. The summed E-state index contributed by atoms with van der Waals surface area (Å²) >= 11 is 0. The Bertz CT molecular complexity index is 637. The standard InChI is InChI=1S/C22H32O3/c1-14(23)25-19-6-5-17-16-8-10-20(2)13-15(24)7-12-22(20,4)18(16)9-11-21(17,19)3/h7,12,16-19H,5-6,8-11,13H2,1-4H3/t16-,17?,18?,19-,20+,21-,22+/m0/s1. The van der Waals surface area contributed by atoms with Gasteiger partial charge < -0.3 is 4.74 Å². The largest absolute Gasteiger partial charge is 0.462 e. The molecule has 0 saturated heterocycles. The Morgan fingerprint density at radius 1 is 1.08 bits per heavy atom. The molecule has 0 aromatic carbocycles. The summed E-state index contributed by atoms with van der Waals surface area (Å²) in [6.07, 6.45) is 11.8. The van der Waals surface area contributed by atoms with Gasteiger partial charge >= 0.3 is 5.97 Å². The molecular weight excluding hydrogens is 312 g/mol. The van der Waals surface area contributed by atoms with Gasteiger partial charge in [0.05, 0.1) is 0 Å². The molecule has 3 nitrogen and oxygen atoms in total. The number of hydrogen-bond donors (Lipinski definition) is 0. The van der Waals surface area contributed by atoms with Crippen LogP contribution in [0.15, 0.2) is 12.2 Å². The Morgan fingerprint density at radius 3 is 2.56 bits per heavy atom. The summed E-state index contributed by atoms with van der Waals surface area (Å²) in [5, 5.41) is 0. The number of carbonyl (C=O) groups excluding carboxylic acids is 2. The first-order valence-corrected chi connectivity index (χ1v) is 10.1. The maximum Gasteiger partial charge on any atom is 0.302 e. The molecule has 0 bridgehead atoms. The van der Waals surface area contributed by atoms with Gasteiger partial charge in [-0.25, -0.2) is 0 Å². The number of carbonyl (C=O) groups is 2. The molecule has 0 N–H and O–H groups in total. The number of ether oxygens (including phenoxy) is 1. The lowest BCUT2D eigenvalue weighted by Crippen LogP contribution is -2.56. The highest BCUT2D eigenvalue weighted by Gasteiger charge is 2.63. The zero-order valence-electron chi connectivity index (χ0n) is 16.1. The van der Waals surface area contributed by atoms with Crippen molar-refractivity contribution >= 4 is 11.8 Å². The molecule has 0 heterocycles. The van der Waals surface area contributed by atoms with E-state index in [0.717, 1.165) is 19.3 Å². The number of ketones is 1. The zero-order chi connectivity index (χ0) is 18.0. The lowest BCUT2D eigenvalue weighted by molar-refractivity contribution is -0.162. The predicted octanol–water partition coefficient (Wildman–Crippen LogP) is 4.70. The van der Waals surface area contributed by atoms with E-state index in [0.29, 0.717) is 30.0 Å². The summed E-state index contributed by atoms with van der Waals surface area (Å²) < 4.78 is 5.73. The maximum atomic E-state index is 12.1. The summed E-state index contributed by atoms with van der Waals surface area (Å²) in [5.74, 6) is 2.18. The Balaban J connectivity index is 1.65. The summed E-state index contributed by atoms with van der Waals surface area (Å²) in [6.45, 7) is 8.66. The third-order valence-electron chi connectivity index (χ3n) is 8.94. The molecule has 0 amide bonds. The molecular formula is C22H32O3. The average molecular weight is 344 g/mol. The fourth-order valence-corrected chi connectivity index (χ4v) is 7.30. The molecule has 25 heavy (non-hydrogen) atoms. The lowest BCUT2D eigenvalue weighted by Gasteiger charge is -2.62. The molecule has 7 atom stereocenters. The minimum Gasteiger partial charge on any atom is -0.462 e. The van der Waals surface area contributed by atoms with Crippen LogP contribution in [0.1, 0.15) is 72.6 Å². The molecule has 0 aromatic heterocycles. The fourth-order valence-electron chi connectivity index (χ4n) is 7.30. The van der Waals surface area contributed by atoms with Gasteiger partial charge in [0.1, 0.15) is 6.10 Å². The van der Waals surface area contributed by atoms with Crippen LogP contribution in [0.3, 0.4) is 0 Å². The Hall–Kier alpha value is -1.12. The van der Waals surface area contributed by atoms with E-state index in [2.05, 4.69) is 26.8 Å². The van der Waals surface area contributed by atoms with Crippen molar-refractivity contribution in [3.63, 3.8) is 0 Å². The highest BCUT2D eigenvalue weighted by atomic mass is 16.5. The van der Waals surface area contributed by atoms with E-state index >= 15 is 0 Å². The predicted molar refractivity (Wildman–Crippen MR) is 96.8 cm³/mol. The van der Waals surface area contributed by atoms with E-state index in [1.54, 1.807) is 6.92 Å². The van der Waals surface area contributed by atoms with E-state index in [9.17, 15) is 9.59 Å². The molecule has 4 aliphatic rings. The van der Waals surface area contributed by atoms with Gasteiger partial charge in [0.15, 0.2) is 5.78 Å². The van der Waals surface area contributed by atoms with Crippen LogP contribution in [-0.4, -0.2) is 17.9 Å². The average Bonchev–Trinajstić information content (AvgIpc) is 2.85. The van der Waals surface area contributed by atoms with E-state index in [-0.39, 0.29) is 28.3 Å². The number of fused-ring (bicyclic) bond motifs is 5. The molecule has 3 fully saturated rings. The summed E-state index contributed by atoms with van der Waals surface area (Å²) in [4.78, 5) is 23.6. The summed E-state index contributed by atoms with van der Waals surface area (Å²) in [5.41, 5.74) is 0.386. The van der Waals surface area contributed by atoms with Crippen molar-refractivity contribution in [2.45, 2.75) is 78.7 Å². The molecule has 0 radical (unpaired) electrons. The van der Waals surface area contributed by atoms with Crippen molar-refractivity contribution in [2.24, 2.45) is 34.0 Å². The Morgan fingerprint density at radius 2 is 1.84 bits per heavy atom. The topological polar surface area (TPSA) is 43.4 Å². The van der Waals surface area contributed by atoms with Gasteiger partial charge in [-0.3, -0.25) is 9.59 Å². The van der Waals surface area contributed by atoms with E-state index in [4.69, 9.17) is 4.74 Å². The normalized spacial score (nSPS) is 51.4. The van der Waals surface area contributed by atoms with Crippen LogP contribution < -0.4 is 0 Å². The summed E-state index contributed by atoms with van der Waals surface area (Å²) in [7, 11) is 0. The van der Waals surface area contributed by atoms with E-state index in [1.165, 1.54) is 19.3 Å². The monoisotopic (exact) mass is 344 g/mol. The van der Waals surface area contributed by atoms with Crippen molar-refractivity contribution < 1.29 is 14.3 Å². The van der Waals surface area contributed by atoms with Crippen molar-refractivity contribution in [3.8, 4) is 0 Å². The zero-order valence-corrected chi connectivity index (χ0v) is 16.1. The molecule has 2 unspecified atom stereocenters. The van der Waals surface area contributed by atoms with Crippen LogP contribution in [0.25, 0.3) is 0 Å². The Kier molecular flexibility index (Phi) is 3.76. The van der Waals surface area contributed by atoms with Crippen molar-refractivity contribution in [1.82, 2.24) is 0 Å². The van der Waals surface area contributed by atoms with Crippen molar-refractivity contribution in [3.05, 3.63) is 12.2 Å². The van der Waals surface area contributed by atoms with Gasteiger partial charge in [-0.15, -0.1) is 0 Å². The van der Waals surface area contributed by atoms with Gasteiger partial charge in [0.25, 0.3) is 0 Å². The van der Waals surface area contributed by atoms with Crippen LogP contribution >= 0.6 is 0 Å². The van der Waals surface area contributed by atoms with Gasteiger partial charge in [0.2, 0.25) is 0 Å². The van der Waals surface area contributed by atoms with Crippen LogP contribution in [0.5, 0.6) is 0 Å². The van der Waals surface area contributed by atoms with Crippen LogP contribution in [0.2, 0.25) is 0 Å². The minimum atomic E-state index is -0.133. The quantitative estimate of drug-likeness (QED) is 0.648. The van der Waals surface area contributed by atoms with Crippen molar-refractivity contribution in [1.29, 1.82) is 0 Å². The molecule has 4 rings (SSSR count). The first kappa shape index (κ1) is 17.3. The highest BCUT2D eigenvalue weighted by Crippen LogP contribution is 2.68. The molecule has 0 aliphatic heterocycles. The third-order valence-corrected chi connectivity index (χ3v) is 8.94. The van der Waals surface area contributed by atoms with Crippen molar-refractivity contribution in [2.75, 3.05) is 0 Å². The van der Waals surface area contributed by atoms with Gasteiger partial charge in [-0.1, -0.05) is 26.8 Å². The minimum absolute atomic E-state index is 0.0977. The van der Waals surface area contributed by atoms with Crippen LogP contribution in [0, 0.1) is 34.0 Å². The molecule has 3 heteroatoms. The molecule has 138 valence electrons. The maximum absolute atomic E-state index is 12.1. The molecule has 0 aromatic rings. The second-order valence-electron chi connectivity index (χ2n) is 9.96. The lowest BCUT2D eigenvalue weighted by atomic mass is 9.42. The number of rotatable bonds is 1. The number of allylic oxidation sites excluding steroid dienone is 2. The van der Waals surface area contributed by atoms with E-state index < -0.39 is 0 Å². The summed E-state index contributed by atoms with van der Waals surface area (Å²) in [6, 6.07) is 0. The van der Waals surface area contributed by atoms with E-state index in [1.807, 2.05) is 6.08 Å². The van der Waals surface area contributed by atoms with Gasteiger partial charge in [-0.05, 0) is 73.2 Å². The molecule has 3 saturated carbocycles. The second kappa shape index (κ2) is 5.44. The van der Waals surface area contributed by atoms with Gasteiger partial charge in [-0.2, -0.15) is 0 Å². The number of esters is 1. The third kappa shape index (κ3) is 2.30. The van der Waals surface area contributed by atoms with Gasteiger partial charge in [0, 0.05) is 18.8 Å². The smallest absolute Gasteiger partial charge is 0.302 e. The second-order valence-corrected chi connectivity index (χ2v) is 9.96. The Labute approximate surface area is 151 Å². The highest BCUT2D eigenvalue weighted by molar-refractivity contribution is 5.91. The fraction of sp³-hybridized carbons (Fsp3) is 0.818. The first-order chi connectivity index (χ1) is 11.7.